The van der Waals surface area contributed by atoms with E-state index in [0.717, 1.165) is 20.2 Å². The Labute approximate surface area is 134 Å². The van der Waals surface area contributed by atoms with Crippen molar-refractivity contribution in [3.05, 3.63) is 56.5 Å². The summed E-state index contributed by atoms with van der Waals surface area (Å²) in [5, 5.41) is 2.87. The number of halogens is 2. The smallest absolute Gasteiger partial charge is 0.259 e. The highest BCUT2D eigenvalue weighted by atomic mass is 79.9. The van der Waals surface area contributed by atoms with Crippen LogP contribution in [0.2, 0.25) is 0 Å². The van der Waals surface area contributed by atoms with Gasteiger partial charge in [0, 0.05) is 8.95 Å². The van der Waals surface area contributed by atoms with Crippen LogP contribution < -0.4 is 10.1 Å². The number of carbonyl (C=O) groups excluding carboxylic acids is 1. The third-order valence-corrected chi connectivity index (χ3v) is 3.96. The third-order valence-electron chi connectivity index (χ3n) is 2.81. The SMILES string of the molecule is COc1c(C)cc(Br)cc1C(=O)Nc1ccccc1Br. The molecule has 0 heterocycles. The van der Waals surface area contributed by atoms with E-state index in [1.165, 1.54) is 0 Å². The molecule has 2 aromatic carbocycles. The van der Waals surface area contributed by atoms with E-state index in [1.54, 1.807) is 13.2 Å². The van der Waals surface area contributed by atoms with Gasteiger partial charge in [-0.05, 0) is 52.7 Å². The van der Waals surface area contributed by atoms with Crippen LogP contribution in [0.1, 0.15) is 15.9 Å². The fraction of sp³-hybridized carbons (Fsp3) is 0.133. The Hall–Kier alpha value is -1.33. The van der Waals surface area contributed by atoms with Gasteiger partial charge in [0.25, 0.3) is 5.91 Å². The molecule has 0 radical (unpaired) electrons. The number of anilines is 1. The van der Waals surface area contributed by atoms with Crippen molar-refractivity contribution in [1.82, 2.24) is 0 Å². The van der Waals surface area contributed by atoms with Crippen molar-refractivity contribution in [3.8, 4) is 5.75 Å². The van der Waals surface area contributed by atoms with Crippen molar-refractivity contribution in [3.63, 3.8) is 0 Å². The Bertz CT molecular complexity index is 656. The Balaban J connectivity index is 2.37. The summed E-state index contributed by atoms with van der Waals surface area (Å²) in [6, 6.07) is 11.1. The van der Waals surface area contributed by atoms with Crippen molar-refractivity contribution < 1.29 is 9.53 Å². The molecule has 0 bridgehead atoms. The molecule has 0 saturated heterocycles. The molecule has 2 aromatic rings. The minimum Gasteiger partial charge on any atom is -0.496 e. The van der Waals surface area contributed by atoms with Gasteiger partial charge in [-0.3, -0.25) is 4.79 Å². The van der Waals surface area contributed by atoms with Gasteiger partial charge in [0.15, 0.2) is 0 Å². The van der Waals surface area contributed by atoms with Gasteiger partial charge in [0.1, 0.15) is 5.75 Å². The highest BCUT2D eigenvalue weighted by molar-refractivity contribution is 9.10. The Morgan fingerprint density at radius 2 is 1.90 bits per heavy atom. The molecule has 0 atom stereocenters. The quantitative estimate of drug-likeness (QED) is 0.807. The topological polar surface area (TPSA) is 38.3 Å². The van der Waals surface area contributed by atoms with Crippen molar-refractivity contribution >= 4 is 43.5 Å². The number of amides is 1. The fourth-order valence-electron chi connectivity index (χ4n) is 1.92. The first-order valence-corrected chi connectivity index (χ1v) is 7.51. The number of ether oxygens (including phenoxy) is 1. The van der Waals surface area contributed by atoms with Crippen LogP contribution >= 0.6 is 31.9 Å². The van der Waals surface area contributed by atoms with E-state index in [4.69, 9.17) is 4.74 Å². The van der Waals surface area contributed by atoms with E-state index in [1.807, 2.05) is 37.3 Å². The van der Waals surface area contributed by atoms with Gasteiger partial charge in [-0.1, -0.05) is 28.1 Å². The van der Waals surface area contributed by atoms with Crippen molar-refractivity contribution in [1.29, 1.82) is 0 Å². The zero-order valence-electron chi connectivity index (χ0n) is 11.0. The third kappa shape index (κ3) is 3.22. The largest absolute Gasteiger partial charge is 0.496 e. The lowest BCUT2D eigenvalue weighted by Gasteiger charge is -2.13. The van der Waals surface area contributed by atoms with Gasteiger partial charge in [-0.2, -0.15) is 0 Å². The number of aryl methyl sites for hydroxylation is 1. The average molecular weight is 399 g/mol. The van der Waals surface area contributed by atoms with Gasteiger partial charge >= 0.3 is 0 Å². The molecule has 0 unspecified atom stereocenters. The average Bonchev–Trinajstić information content (AvgIpc) is 2.40. The lowest BCUT2D eigenvalue weighted by Crippen LogP contribution is -2.14. The van der Waals surface area contributed by atoms with Gasteiger partial charge < -0.3 is 10.1 Å². The van der Waals surface area contributed by atoms with Gasteiger partial charge in [0.05, 0.1) is 18.4 Å². The number of nitrogens with one attached hydrogen (secondary N) is 1. The first-order chi connectivity index (χ1) is 9.52. The molecule has 0 aromatic heterocycles. The molecule has 1 N–H and O–H groups in total. The summed E-state index contributed by atoms with van der Waals surface area (Å²) < 4.78 is 7.00. The summed E-state index contributed by atoms with van der Waals surface area (Å²) in [5.41, 5.74) is 2.12. The van der Waals surface area contributed by atoms with Crippen LogP contribution in [0, 0.1) is 6.92 Å². The molecule has 104 valence electrons. The second-order valence-corrected chi connectivity index (χ2v) is 6.01. The second kappa shape index (κ2) is 6.41. The first kappa shape index (κ1) is 15.1. The van der Waals surface area contributed by atoms with Crippen molar-refractivity contribution in [2.24, 2.45) is 0 Å². The molecular weight excluding hydrogens is 386 g/mol. The molecule has 0 aliphatic heterocycles. The minimum absolute atomic E-state index is 0.210. The number of carbonyl (C=O) groups is 1. The Morgan fingerprint density at radius 1 is 1.20 bits per heavy atom. The summed E-state index contributed by atoms with van der Waals surface area (Å²) >= 11 is 6.81. The van der Waals surface area contributed by atoms with Crippen molar-refractivity contribution in [2.75, 3.05) is 12.4 Å². The molecule has 1 amide bonds. The maximum atomic E-state index is 12.4. The van der Waals surface area contributed by atoms with Gasteiger partial charge in [-0.15, -0.1) is 0 Å². The number of hydrogen-bond acceptors (Lipinski definition) is 2. The van der Waals surface area contributed by atoms with Crippen LogP contribution in [0.4, 0.5) is 5.69 Å². The minimum atomic E-state index is -0.210. The van der Waals surface area contributed by atoms with Crippen LogP contribution in [0.25, 0.3) is 0 Å². The molecule has 5 heteroatoms. The maximum Gasteiger partial charge on any atom is 0.259 e. The van der Waals surface area contributed by atoms with Crippen LogP contribution in [0.15, 0.2) is 45.3 Å². The standard InChI is InChI=1S/C15H13Br2NO2/c1-9-7-10(16)8-11(14(9)20-2)15(19)18-13-6-4-3-5-12(13)17/h3-8H,1-2H3,(H,18,19). The van der Waals surface area contributed by atoms with Crippen LogP contribution in [-0.2, 0) is 0 Å². The van der Waals surface area contributed by atoms with E-state index in [0.29, 0.717) is 11.3 Å². The monoisotopic (exact) mass is 397 g/mol. The van der Waals surface area contributed by atoms with E-state index in [9.17, 15) is 4.79 Å². The second-order valence-electron chi connectivity index (χ2n) is 4.24. The number of hydrogen-bond donors (Lipinski definition) is 1. The van der Waals surface area contributed by atoms with Gasteiger partial charge in [0.2, 0.25) is 0 Å². The van der Waals surface area contributed by atoms with E-state index < -0.39 is 0 Å². The predicted molar refractivity (Wildman–Crippen MR) is 87.5 cm³/mol. The molecular formula is C15H13Br2NO2. The molecule has 0 saturated carbocycles. The summed E-state index contributed by atoms with van der Waals surface area (Å²) in [6.45, 7) is 1.90. The molecule has 0 spiro atoms. The normalized spacial score (nSPS) is 10.2. The number of methoxy groups -OCH3 is 1. The molecule has 0 aliphatic rings. The van der Waals surface area contributed by atoms with Crippen LogP contribution in [0.3, 0.4) is 0 Å². The first-order valence-electron chi connectivity index (χ1n) is 5.93. The Kier molecular flexibility index (Phi) is 4.83. The highest BCUT2D eigenvalue weighted by Crippen LogP contribution is 2.29. The highest BCUT2D eigenvalue weighted by Gasteiger charge is 2.16. The number of para-hydroxylation sites is 1. The summed E-state index contributed by atoms with van der Waals surface area (Å²) in [5.74, 6) is 0.371. The Morgan fingerprint density at radius 3 is 2.55 bits per heavy atom. The summed E-state index contributed by atoms with van der Waals surface area (Å²) in [4.78, 5) is 12.4. The fourth-order valence-corrected chi connectivity index (χ4v) is 2.88. The number of benzene rings is 2. The van der Waals surface area contributed by atoms with Crippen LogP contribution in [-0.4, -0.2) is 13.0 Å². The molecule has 0 aliphatic carbocycles. The van der Waals surface area contributed by atoms with E-state index in [2.05, 4.69) is 37.2 Å². The molecule has 3 nitrogen and oxygen atoms in total. The summed E-state index contributed by atoms with van der Waals surface area (Å²) in [6.07, 6.45) is 0. The predicted octanol–water partition coefficient (Wildman–Crippen LogP) is 4.78. The molecule has 20 heavy (non-hydrogen) atoms. The lowest BCUT2D eigenvalue weighted by atomic mass is 10.1. The molecule has 0 fully saturated rings. The van der Waals surface area contributed by atoms with Crippen LogP contribution in [0.5, 0.6) is 5.75 Å². The maximum absolute atomic E-state index is 12.4. The number of rotatable bonds is 3. The summed E-state index contributed by atoms with van der Waals surface area (Å²) in [7, 11) is 1.56. The zero-order chi connectivity index (χ0) is 14.7. The van der Waals surface area contributed by atoms with Crippen molar-refractivity contribution in [2.45, 2.75) is 6.92 Å². The van der Waals surface area contributed by atoms with Gasteiger partial charge in [-0.25, -0.2) is 0 Å². The lowest BCUT2D eigenvalue weighted by molar-refractivity contribution is 0.102. The zero-order valence-corrected chi connectivity index (χ0v) is 14.2. The van der Waals surface area contributed by atoms with E-state index >= 15 is 0 Å². The molecule has 2 rings (SSSR count). The van der Waals surface area contributed by atoms with E-state index in [-0.39, 0.29) is 5.91 Å².